The maximum Gasteiger partial charge on any atom is 0.408 e. The van der Waals surface area contributed by atoms with Gasteiger partial charge in [0.15, 0.2) is 0 Å². The quantitative estimate of drug-likeness (QED) is 0.382. The highest BCUT2D eigenvalue weighted by atomic mass is 35.5. The SMILES string of the molecule is CC(OC(C)(C)C)[C@H](NC(=O)OC(C)(C)C)C(=O)Nc1cccc(-c2nc(N)nc3ccc(Cl)cc23)c1. The van der Waals surface area contributed by atoms with Crippen LogP contribution in [-0.2, 0) is 14.3 Å². The van der Waals surface area contributed by atoms with Gasteiger partial charge in [-0.3, -0.25) is 4.79 Å². The molecule has 37 heavy (non-hydrogen) atoms. The number of carbonyl (C=O) groups is 2. The van der Waals surface area contributed by atoms with Crippen LogP contribution in [0.5, 0.6) is 0 Å². The van der Waals surface area contributed by atoms with E-state index in [0.29, 0.717) is 27.5 Å². The van der Waals surface area contributed by atoms with E-state index in [1.807, 2.05) is 26.8 Å². The number of amides is 2. The second-order valence-corrected chi connectivity index (χ2v) is 11.2. The van der Waals surface area contributed by atoms with Crippen LogP contribution in [0, 0.1) is 0 Å². The molecule has 0 saturated heterocycles. The van der Waals surface area contributed by atoms with Crippen molar-refractivity contribution in [1.29, 1.82) is 0 Å². The second kappa shape index (κ2) is 10.9. The molecule has 0 aliphatic heterocycles. The highest BCUT2D eigenvalue weighted by Gasteiger charge is 2.32. The van der Waals surface area contributed by atoms with Crippen LogP contribution in [0.15, 0.2) is 42.5 Å². The maximum absolute atomic E-state index is 13.4. The van der Waals surface area contributed by atoms with Crippen LogP contribution in [0.25, 0.3) is 22.2 Å². The van der Waals surface area contributed by atoms with E-state index in [-0.39, 0.29) is 5.95 Å². The number of alkyl carbamates (subject to hydrolysis) is 1. The van der Waals surface area contributed by atoms with Crippen LogP contribution in [0.4, 0.5) is 16.4 Å². The zero-order valence-electron chi connectivity index (χ0n) is 22.2. The first-order chi connectivity index (χ1) is 17.1. The topological polar surface area (TPSA) is 128 Å². The fourth-order valence-electron chi connectivity index (χ4n) is 3.76. The van der Waals surface area contributed by atoms with E-state index in [0.717, 1.165) is 5.39 Å². The van der Waals surface area contributed by atoms with E-state index in [2.05, 4.69) is 20.6 Å². The lowest BCUT2D eigenvalue weighted by atomic mass is 10.1. The van der Waals surface area contributed by atoms with Gasteiger partial charge in [0.25, 0.3) is 0 Å². The third-order valence-corrected chi connectivity index (χ3v) is 5.28. The van der Waals surface area contributed by atoms with E-state index in [1.165, 1.54) is 0 Å². The van der Waals surface area contributed by atoms with Crippen LogP contribution in [0.2, 0.25) is 5.02 Å². The monoisotopic (exact) mass is 527 g/mol. The van der Waals surface area contributed by atoms with Crippen molar-refractivity contribution in [2.45, 2.75) is 71.8 Å². The summed E-state index contributed by atoms with van der Waals surface area (Å²) in [5, 5.41) is 6.78. The van der Waals surface area contributed by atoms with Crippen molar-refractivity contribution >= 4 is 46.1 Å². The number of nitrogens with one attached hydrogen (secondary N) is 2. The Morgan fingerprint density at radius 3 is 2.35 bits per heavy atom. The molecule has 1 aromatic heterocycles. The first-order valence-electron chi connectivity index (χ1n) is 11.9. The van der Waals surface area contributed by atoms with Crippen molar-refractivity contribution in [3.63, 3.8) is 0 Å². The Kier molecular flexibility index (Phi) is 8.29. The van der Waals surface area contributed by atoms with Crippen molar-refractivity contribution in [3.8, 4) is 11.3 Å². The molecule has 0 spiro atoms. The number of nitrogen functional groups attached to an aromatic ring is 1. The molecule has 3 aromatic rings. The van der Waals surface area contributed by atoms with Crippen molar-refractivity contribution in [3.05, 3.63) is 47.5 Å². The highest BCUT2D eigenvalue weighted by molar-refractivity contribution is 6.31. The predicted molar refractivity (Wildman–Crippen MR) is 146 cm³/mol. The molecule has 0 aliphatic rings. The summed E-state index contributed by atoms with van der Waals surface area (Å²) in [6, 6.07) is 11.4. The first-order valence-corrected chi connectivity index (χ1v) is 12.3. The van der Waals surface area contributed by atoms with E-state index in [9.17, 15) is 9.59 Å². The number of carbonyl (C=O) groups excluding carboxylic acids is 2. The van der Waals surface area contributed by atoms with Gasteiger partial charge in [-0.1, -0.05) is 23.7 Å². The molecule has 10 heteroatoms. The van der Waals surface area contributed by atoms with Gasteiger partial charge in [0.05, 0.1) is 22.9 Å². The molecule has 0 radical (unpaired) electrons. The van der Waals surface area contributed by atoms with E-state index in [1.54, 1.807) is 64.1 Å². The number of anilines is 2. The molecule has 0 fully saturated rings. The molecule has 198 valence electrons. The number of benzene rings is 2. The summed E-state index contributed by atoms with van der Waals surface area (Å²) in [6.07, 6.45) is -1.37. The molecule has 2 atom stereocenters. The average molecular weight is 528 g/mol. The first kappa shape index (κ1) is 28.1. The number of halogens is 1. The fraction of sp³-hybridized carbons (Fsp3) is 0.407. The number of nitrogens with zero attached hydrogens (tertiary/aromatic N) is 2. The lowest BCUT2D eigenvalue weighted by Gasteiger charge is -2.31. The smallest absolute Gasteiger partial charge is 0.408 e. The summed E-state index contributed by atoms with van der Waals surface area (Å²) in [4.78, 5) is 34.6. The Morgan fingerprint density at radius 2 is 1.70 bits per heavy atom. The van der Waals surface area contributed by atoms with Gasteiger partial charge in [-0.2, -0.15) is 0 Å². The van der Waals surface area contributed by atoms with Crippen molar-refractivity contribution in [2.24, 2.45) is 0 Å². The normalized spacial score (nSPS) is 13.6. The Hall–Kier alpha value is -3.43. The van der Waals surface area contributed by atoms with Gasteiger partial charge < -0.3 is 25.8 Å². The number of hydrogen-bond donors (Lipinski definition) is 3. The third-order valence-electron chi connectivity index (χ3n) is 5.04. The van der Waals surface area contributed by atoms with Gasteiger partial charge in [0.1, 0.15) is 11.6 Å². The summed E-state index contributed by atoms with van der Waals surface area (Å²) in [5.74, 6) is -0.344. The molecule has 2 amide bonds. The van der Waals surface area contributed by atoms with Crippen LogP contribution < -0.4 is 16.4 Å². The molecule has 0 saturated carbocycles. The molecule has 1 heterocycles. The van der Waals surface area contributed by atoms with Crippen LogP contribution in [0.3, 0.4) is 0 Å². The number of aromatic nitrogens is 2. The number of nitrogens with two attached hydrogens (primary N) is 1. The second-order valence-electron chi connectivity index (χ2n) is 10.7. The number of hydrogen-bond acceptors (Lipinski definition) is 7. The molecule has 1 unspecified atom stereocenters. The van der Waals surface area contributed by atoms with Crippen LogP contribution in [0.1, 0.15) is 48.5 Å². The van der Waals surface area contributed by atoms with Gasteiger partial charge in [-0.15, -0.1) is 0 Å². The summed E-state index contributed by atoms with van der Waals surface area (Å²) in [7, 11) is 0. The Balaban J connectivity index is 1.91. The number of ether oxygens (including phenoxy) is 2. The minimum Gasteiger partial charge on any atom is -0.444 e. The molecule has 9 nitrogen and oxygen atoms in total. The molecule has 2 aromatic carbocycles. The highest BCUT2D eigenvalue weighted by Crippen LogP contribution is 2.30. The third kappa shape index (κ3) is 8.03. The lowest BCUT2D eigenvalue weighted by molar-refractivity contribution is -0.126. The molecule has 4 N–H and O–H groups in total. The maximum atomic E-state index is 13.4. The fourth-order valence-corrected chi connectivity index (χ4v) is 3.93. The van der Waals surface area contributed by atoms with E-state index < -0.39 is 35.3 Å². The lowest BCUT2D eigenvalue weighted by Crippen LogP contribution is -2.53. The van der Waals surface area contributed by atoms with Crippen molar-refractivity contribution in [1.82, 2.24) is 15.3 Å². The standard InChI is InChI=1S/C27H34ClN5O4/c1-15(36-26(2,3)4)21(33-25(35)37-27(5,6)7)23(34)30-18-10-8-9-16(13-18)22-19-14-17(28)11-12-20(19)31-24(29)32-22/h8-15,21H,1-7H3,(H,30,34)(H,33,35)(H2,29,31,32)/t15?,21-/m0/s1. The van der Waals surface area contributed by atoms with Gasteiger partial charge in [0, 0.05) is 21.7 Å². The van der Waals surface area contributed by atoms with Crippen molar-refractivity contribution in [2.75, 3.05) is 11.1 Å². The van der Waals surface area contributed by atoms with Gasteiger partial charge >= 0.3 is 6.09 Å². The summed E-state index contributed by atoms with van der Waals surface area (Å²) in [5.41, 5.74) is 7.10. The largest absolute Gasteiger partial charge is 0.444 e. The van der Waals surface area contributed by atoms with Gasteiger partial charge in [-0.25, -0.2) is 14.8 Å². The van der Waals surface area contributed by atoms with Crippen LogP contribution >= 0.6 is 11.6 Å². The molecular formula is C27H34ClN5O4. The predicted octanol–water partition coefficient (Wildman–Crippen LogP) is 5.57. The zero-order chi connectivity index (χ0) is 27.5. The van der Waals surface area contributed by atoms with E-state index >= 15 is 0 Å². The molecule has 0 aliphatic carbocycles. The number of rotatable bonds is 6. The summed E-state index contributed by atoms with van der Waals surface area (Å²) < 4.78 is 11.3. The summed E-state index contributed by atoms with van der Waals surface area (Å²) in [6.45, 7) is 12.6. The van der Waals surface area contributed by atoms with Gasteiger partial charge in [0.2, 0.25) is 11.9 Å². The molecule has 0 bridgehead atoms. The Morgan fingerprint density at radius 1 is 1.00 bits per heavy atom. The Bertz CT molecular complexity index is 1300. The van der Waals surface area contributed by atoms with Crippen LogP contribution in [-0.4, -0.2) is 45.3 Å². The molecule has 3 rings (SSSR count). The Labute approximate surface area is 222 Å². The minimum atomic E-state index is -1.02. The van der Waals surface area contributed by atoms with E-state index in [4.69, 9.17) is 26.8 Å². The van der Waals surface area contributed by atoms with Crippen molar-refractivity contribution < 1.29 is 19.1 Å². The zero-order valence-corrected chi connectivity index (χ0v) is 22.9. The summed E-state index contributed by atoms with van der Waals surface area (Å²) >= 11 is 6.21. The average Bonchev–Trinajstić information content (AvgIpc) is 2.75. The molecular weight excluding hydrogens is 494 g/mol. The number of fused-ring (bicyclic) bond motifs is 1. The van der Waals surface area contributed by atoms with Gasteiger partial charge in [-0.05, 0) is 78.8 Å². The minimum absolute atomic E-state index is 0.119.